The molecule has 1 amide bonds. The maximum absolute atomic E-state index is 13.1. The van der Waals surface area contributed by atoms with Gasteiger partial charge in [-0.25, -0.2) is 0 Å². The van der Waals surface area contributed by atoms with Crippen molar-refractivity contribution in [3.05, 3.63) is 29.8 Å². The topological polar surface area (TPSA) is 107 Å². The van der Waals surface area contributed by atoms with Crippen LogP contribution in [0.25, 0.3) is 0 Å². The van der Waals surface area contributed by atoms with Gasteiger partial charge >= 0.3 is 5.97 Å². The molecule has 0 bridgehead atoms. The fourth-order valence-corrected chi connectivity index (χ4v) is 5.47. The van der Waals surface area contributed by atoms with Gasteiger partial charge in [0.05, 0.1) is 5.92 Å². The molecule has 9 heteroatoms. The van der Waals surface area contributed by atoms with Gasteiger partial charge < -0.3 is 14.9 Å². The number of amides is 1. The molecule has 0 aromatic heterocycles. The Morgan fingerprint density at radius 3 is 2.67 bits per heavy atom. The van der Waals surface area contributed by atoms with E-state index < -0.39 is 28.0 Å². The number of amidine groups is 1. The normalized spacial score (nSPS) is 28.9. The average molecular weight is 391 g/mol. The smallest absolute Gasteiger partial charge is 0.308 e. The van der Waals surface area contributed by atoms with Crippen molar-refractivity contribution in [2.75, 3.05) is 19.6 Å². The van der Waals surface area contributed by atoms with Crippen LogP contribution < -0.4 is 0 Å². The van der Waals surface area contributed by atoms with Gasteiger partial charge in [-0.15, -0.1) is 4.40 Å². The summed E-state index contributed by atoms with van der Waals surface area (Å²) in [6.07, 6.45) is 1.35. The molecular formula is C18H21N3O5S. The molecule has 0 aliphatic carbocycles. The first kappa shape index (κ1) is 18.0. The highest BCUT2D eigenvalue weighted by Gasteiger charge is 2.44. The van der Waals surface area contributed by atoms with Gasteiger partial charge in [-0.1, -0.05) is 19.1 Å². The summed E-state index contributed by atoms with van der Waals surface area (Å²) in [4.78, 5) is 28.0. The molecule has 3 aliphatic rings. The molecule has 2 saturated heterocycles. The van der Waals surface area contributed by atoms with Crippen LogP contribution in [-0.4, -0.2) is 66.7 Å². The van der Waals surface area contributed by atoms with Crippen LogP contribution in [0.1, 0.15) is 25.3 Å². The number of hydrogen-bond donors (Lipinski definition) is 1. The number of carboxylic acids is 1. The Balaban J connectivity index is 1.61. The highest BCUT2D eigenvalue weighted by Crippen LogP contribution is 2.33. The van der Waals surface area contributed by atoms with Crippen LogP contribution >= 0.6 is 0 Å². The van der Waals surface area contributed by atoms with Crippen LogP contribution in [0, 0.1) is 11.8 Å². The fourth-order valence-electron chi connectivity index (χ4n) is 4.25. The van der Waals surface area contributed by atoms with Crippen LogP contribution in [-0.2, 0) is 19.6 Å². The molecule has 27 heavy (non-hydrogen) atoms. The molecule has 144 valence electrons. The first-order valence-corrected chi connectivity index (χ1v) is 10.5. The van der Waals surface area contributed by atoms with Crippen LogP contribution in [0.5, 0.6) is 0 Å². The zero-order valence-electron chi connectivity index (χ0n) is 14.9. The predicted molar refractivity (Wildman–Crippen MR) is 96.8 cm³/mol. The summed E-state index contributed by atoms with van der Waals surface area (Å²) >= 11 is 0. The highest BCUT2D eigenvalue weighted by atomic mass is 32.2. The van der Waals surface area contributed by atoms with E-state index in [1.165, 1.54) is 6.07 Å². The van der Waals surface area contributed by atoms with Gasteiger partial charge in [-0.3, -0.25) is 9.59 Å². The molecule has 3 aliphatic heterocycles. The van der Waals surface area contributed by atoms with E-state index >= 15 is 0 Å². The summed E-state index contributed by atoms with van der Waals surface area (Å²) in [7, 11) is -3.75. The Kier molecular flexibility index (Phi) is 4.21. The van der Waals surface area contributed by atoms with Crippen molar-refractivity contribution in [1.82, 2.24) is 9.80 Å². The molecule has 0 radical (unpaired) electrons. The Hall–Kier alpha value is -2.42. The van der Waals surface area contributed by atoms with E-state index in [9.17, 15) is 23.1 Å². The van der Waals surface area contributed by atoms with Crippen LogP contribution in [0.2, 0.25) is 0 Å². The SMILES string of the molecule is C[C@@H]1CN(C(=O)[C@@H]2CCCN2C2=NS(=O)(=O)c3ccccc32)C[C@H]1C(=O)O. The monoisotopic (exact) mass is 391 g/mol. The fraction of sp³-hybridized carbons (Fsp3) is 0.500. The second kappa shape index (κ2) is 6.33. The van der Waals surface area contributed by atoms with Crippen molar-refractivity contribution in [3.8, 4) is 0 Å². The van der Waals surface area contributed by atoms with Gasteiger partial charge in [-0.05, 0) is 30.9 Å². The summed E-state index contributed by atoms with van der Waals surface area (Å²) in [5.41, 5.74) is 0.524. The van der Waals surface area contributed by atoms with Crippen molar-refractivity contribution in [2.24, 2.45) is 16.2 Å². The largest absolute Gasteiger partial charge is 0.481 e. The van der Waals surface area contributed by atoms with E-state index in [1.807, 2.05) is 6.92 Å². The number of carbonyl (C=O) groups is 2. The van der Waals surface area contributed by atoms with Crippen molar-refractivity contribution < 1.29 is 23.1 Å². The number of carbonyl (C=O) groups excluding carboxylic acids is 1. The zero-order valence-corrected chi connectivity index (χ0v) is 15.7. The molecule has 3 heterocycles. The van der Waals surface area contributed by atoms with Crippen molar-refractivity contribution >= 4 is 27.7 Å². The molecule has 1 N–H and O–H groups in total. The zero-order chi connectivity index (χ0) is 19.3. The third kappa shape index (κ3) is 2.90. The number of fused-ring (bicyclic) bond motifs is 1. The molecular weight excluding hydrogens is 370 g/mol. The summed E-state index contributed by atoms with van der Waals surface area (Å²) in [6.45, 7) is 2.98. The molecule has 1 aromatic carbocycles. The van der Waals surface area contributed by atoms with Crippen molar-refractivity contribution in [1.29, 1.82) is 0 Å². The predicted octanol–water partition coefficient (Wildman–Crippen LogP) is 0.779. The number of hydrogen-bond acceptors (Lipinski definition) is 5. The van der Waals surface area contributed by atoms with E-state index in [0.29, 0.717) is 30.9 Å². The lowest BCUT2D eigenvalue weighted by atomic mass is 9.99. The van der Waals surface area contributed by atoms with Crippen molar-refractivity contribution in [2.45, 2.75) is 30.7 Å². The molecule has 8 nitrogen and oxygen atoms in total. The average Bonchev–Trinajstić information content (AvgIpc) is 3.31. The lowest BCUT2D eigenvalue weighted by molar-refractivity contribution is -0.142. The Labute approximate surface area is 157 Å². The van der Waals surface area contributed by atoms with E-state index in [1.54, 1.807) is 28.0 Å². The minimum atomic E-state index is -3.75. The van der Waals surface area contributed by atoms with E-state index in [-0.39, 0.29) is 23.3 Å². The number of aliphatic carboxylic acids is 1. The molecule has 0 saturated carbocycles. The maximum atomic E-state index is 13.1. The molecule has 2 fully saturated rings. The highest BCUT2D eigenvalue weighted by molar-refractivity contribution is 7.90. The summed E-state index contributed by atoms with van der Waals surface area (Å²) in [5.74, 6) is -1.38. The van der Waals surface area contributed by atoms with E-state index in [4.69, 9.17) is 0 Å². The molecule has 1 aromatic rings. The number of benzene rings is 1. The van der Waals surface area contributed by atoms with Gasteiger partial charge in [0.2, 0.25) is 5.91 Å². The van der Waals surface area contributed by atoms with E-state index in [2.05, 4.69) is 4.40 Å². The van der Waals surface area contributed by atoms with Crippen molar-refractivity contribution in [3.63, 3.8) is 0 Å². The lowest BCUT2D eigenvalue weighted by Crippen LogP contribution is -2.47. The number of likely N-dealkylation sites (tertiary alicyclic amines) is 2. The third-order valence-electron chi connectivity index (χ3n) is 5.66. The Bertz CT molecular complexity index is 942. The summed E-state index contributed by atoms with van der Waals surface area (Å²) in [6, 6.07) is 6.12. The Morgan fingerprint density at radius 1 is 1.22 bits per heavy atom. The minimum absolute atomic E-state index is 0.105. The number of nitrogens with zero attached hydrogens (tertiary/aromatic N) is 3. The van der Waals surface area contributed by atoms with Crippen LogP contribution in [0.4, 0.5) is 0 Å². The first-order chi connectivity index (χ1) is 12.8. The third-order valence-corrected chi connectivity index (χ3v) is 6.99. The van der Waals surface area contributed by atoms with Gasteiger partial charge in [0.1, 0.15) is 10.9 Å². The number of rotatable bonds is 2. The Morgan fingerprint density at radius 2 is 1.96 bits per heavy atom. The number of sulfonamides is 1. The molecule has 3 atom stereocenters. The maximum Gasteiger partial charge on any atom is 0.308 e. The molecule has 0 unspecified atom stereocenters. The lowest BCUT2D eigenvalue weighted by Gasteiger charge is -2.29. The number of carboxylic acid groups (broad SMARTS) is 1. The molecule has 4 rings (SSSR count). The quantitative estimate of drug-likeness (QED) is 0.798. The minimum Gasteiger partial charge on any atom is -0.481 e. The van der Waals surface area contributed by atoms with Crippen LogP contribution in [0.15, 0.2) is 33.6 Å². The second-order valence-corrected chi connectivity index (χ2v) is 8.98. The second-order valence-electron chi connectivity index (χ2n) is 7.40. The molecule has 0 spiro atoms. The first-order valence-electron chi connectivity index (χ1n) is 9.02. The van der Waals surface area contributed by atoms with Gasteiger partial charge in [0.15, 0.2) is 5.84 Å². The standard InChI is InChI=1S/C18H21N3O5S/c1-11-9-20(10-13(11)18(23)24)17(22)14-6-4-8-21(14)16-12-5-2-3-7-15(12)27(25,26)19-16/h2-3,5,7,11,13-14H,4,6,8-10H2,1H3,(H,23,24)/t11-,13-,14+/m1/s1. The van der Waals surface area contributed by atoms with Crippen LogP contribution in [0.3, 0.4) is 0 Å². The van der Waals surface area contributed by atoms with Gasteiger partial charge in [0, 0.05) is 25.2 Å². The van der Waals surface area contributed by atoms with Gasteiger partial charge in [-0.2, -0.15) is 8.42 Å². The summed E-state index contributed by atoms with van der Waals surface area (Å²) < 4.78 is 28.6. The van der Waals surface area contributed by atoms with E-state index in [0.717, 1.165) is 6.42 Å². The summed E-state index contributed by atoms with van der Waals surface area (Å²) in [5, 5.41) is 9.31. The van der Waals surface area contributed by atoms with Gasteiger partial charge in [0.25, 0.3) is 10.0 Å².